The maximum Gasteiger partial charge on any atom is 0.232 e. The standard InChI is InChI=1S/C21H20ClN3O4/c1-12-4-6-15(10-16(12)22)25-11-14(9-19(25)26)21-23-20(24-29-21)13-5-7-17(27-2)18(8-13)28-3/h4-8,10,14H,9,11H2,1-3H3/t14-/m0/s1. The summed E-state index contributed by atoms with van der Waals surface area (Å²) in [6.07, 6.45) is 0.305. The minimum atomic E-state index is -0.177. The van der Waals surface area contributed by atoms with E-state index < -0.39 is 0 Å². The third-order valence-corrected chi connectivity index (χ3v) is 5.43. The molecule has 7 nitrogen and oxygen atoms in total. The van der Waals surface area contributed by atoms with Crippen LogP contribution in [0.1, 0.15) is 23.8 Å². The monoisotopic (exact) mass is 413 g/mol. The number of hydrogen-bond donors (Lipinski definition) is 0. The molecule has 0 aliphatic carbocycles. The zero-order chi connectivity index (χ0) is 20.5. The number of ether oxygens (including phenoxy) is 2. The summed E-state index contributed by atoms with van der Waals surface area (Å²) in [5.74, 6) is 1.89. The van der Waals surface area contributed by atoms with Gasteiger partial charge in [0.15, 0.2) is 11.5 Å². The normalized spacial score (nSPS) is 16.3. The third-order valence-electron chi connectivity index (χ3n) is 5.02. The molecule has 1 aliphatic heterocycles. The van der Waals surface area contributed by atoms with Crippen molar-refractivity contribution < 1.29 is 18.8 Å². The average molecular weight is 414 g/mol. The lowest BCUT2D eigenvalue weighted by Crippen LogP contribution is -2.24. The van der Waals surface area contributed by atoms with Gasteiger partial charge in [-0.3, -0.25) is 4.79 Å². The second-order valence-electron chi connectivity index (χ2n) is 6.86. The van der Waals surface area contributed by atoms with Gasteiger partial charge in [-0.15, -0.1) is 0 Å². The van der Waals surface area contributed by atoms with Crippen molar-refractivity contribution in [3.63, 3.8) is 0 Å². The molecule has 0 saturated carbocycles. The number of carbonyl (C=O) groups is 1. The van der Waals surface area contributed by atoms with Gasteiger partial charge in [0.05, 0.1) is 20.1 Å². The lowest BCUT2D eigenvalue weighted by atomic mass is 10.1. The van der Waals surface area contributed by atoms with Crippen molar-refractivity contribution in [2.45, 2.75) is 19.3 Å². The quantitative estimate of drug-likeness (QED) is 0.622. The number of carbonyl (C=O) groups excluding carboxylic acids is 1. The molecule has 2 heterocycles. The first-order chi connectivity index (χ1) is 14.0. The van der Waals surface area contributed by atoms with E-state index in [0.717, 1.165) is 16.8 Å². The molecule has 150 valence electrons. The Labute approximate surface area is 173 Å². The van der Waals surface area contributed by atoms with Crippen molar-refractivity contribution in [1.29, 1.82) is 0 Å². The van der Waals surface area contributed by atoms with E-state index in [1.54, 1.807) is 37.3 Å². The first-order valence-electron chi connectivity index (χ1n) is 9.12. The predicted octanol–water partition coefficient (Wildman–Crippen LogP) is 4.24. The molecule has 0 bridgehead atoms. The van der Waals surface area contributed by atoms with Crippen LogP contribution in [0.25, 0.3) is 11.4 Å². The van der Waals surface area contributed by atoms with Gasteiger partial charge < -0.3 is 18.9 Å². The Kier molecular flexibility index (Phi) is 5.15. The number of nitrogens with zero attached hydrogens (tertiary/aromatic N) is 3. The fraction of sp³-hybridized carbons (Fsp3) is 0.286. The van der Waals surface area contributed by atoms with E-state index in [1.807, 2.05) is 25.1 Å². The van der Waals surface area contributed by atoms with Crippen LogP contribution < -0.4 is 14.4 Å². The van der Waals surface area contributed by atoms with E-state index in [1.165, 1.54) is 0 Å². The first kappa shape index (κ1) is 19.3. The van der Waals surface area contributed by atoms with Crippen LogP contribution in [-0.2, 0) is 4.79 Å². The van der Waals surface area contributed by atoms with E-state index in [-0.39, 0.29) is 11.8 Å². The van der Waals surface area contributed by atoms with Crippen molar-refractivity contribution >= 4 is 23.2 Å². The van der Waals surface area contributed by atoms with Crippen LogP contribution in [0.4, 0.5) is 5.69 Å². The zero-order valence-electron chi connectivity index (χ0n) is 16.3. The van der Waals surface area contributed by atoms with Crippen LogP contribution in [0.3, 0.4) is 0 Å². The lowest BCUT2D eigenvalue weighted by molar-refractivity contribution is -0.117. The van der Waals surface area contributed by atoms with Gasteiger partial charge in [0.1, 0.15) is 0 Å². The lowest BCUT2D eigenvalue weighted by Gasteiger charge is -2.17. The fourth-order valence-electron chi connectivity index (χ4n) is 3.37. The number of halogens is 1. The summed E-state index contributed by atoms with van der Waals surface area (Å²) in [5, 5.41) is 4.71. The fourth-order valence-corrected chi connectivity index (χ4v) is 3.54. The van der Waals surface area contributed by atoms with E-state index in [0.29, 0.717) is 41.2 Å². The maximum absolute atomic E-state index is 12.5. The van der Waals surface area contributed by atoms with Gasteiger partial charge in [0.25, 0.3) is 0 Å². The Morgan fingerprint density at radius 1 is 1.14 bits per heavy atom. The van der Waals surface area contributed by atoms with Crippen LogP contribution in [-0.4, -0.2) is 36.8 Å². The Morgan fingerprint density at radius 3 is 2.66 bits per heavy atom. The Balaban J connectivity index is 1.56. The summed E-state index contributed by atoms with van der Waals surface area (Å²) in [7, 11) is 3.15. The number of aromatic nitrogens is 2. The molecule has 1 fully saturated rings. The highest BCUT2D eigenvalue weighted by atomic mass is 35.5. The summed E-state index contributed by atoms with van der Waals surface area (Å²) < 4.78 is 16.1. The van der Waals surface area contributed by atoms with Crippen molar-refractivity contribution in [3.8, 4) is 22.9 Å². The molecule has 1 saturated heterocycles. The number of rotatable bonds is 5. The summed E-state index contributed by atoms with van der Waals surface area (Å²) >= 11 is 6.21. The molecule has 4 rings (SSSR count). The van der Waals surface area contributed by atoms with Gasteiger partial charge in [0.2, 0.25) is 17.6 Å². The predicted molar refractivity (Wildman–Crippen MR) is 109 cm³/mol. The molecule has 0 radical (unpaired) electrons. The molecule has 1 aromatic heterocycles. The molecule has 8 heteroatoms. The molecule has 0 unspecified atom stereocenters. The van der Waals surface area contributed by atoms with Crippen molar-refractivity contribution in [2.24, 2.45) is 0 Å². The Bertz CT molecular complexity index is 1070. The molecule has 1 amide bonds. The van der Waals surface area contributed by atoms with Crippen LogP contribution in [0.15, 0.2) is 40.9 Å². The minimum Gasteiger partial charge on any atom is -0.493 e. The van der Waals surface area contributed by atoms with Gasteiger partial charge in [-0.05, 0) is 42.8 Å². The molecule has 0 spiro atoms. The van der Waals surface area contributed by atoms with Gasteiger partial charge in [0, 0.05) is 29.2 Å². The summed E-state index contributed by atoms with van der Waals surface area (Å²) in [6, 6.07) is 11.0. The number of benzene rings is 2. The topological polar surface area (TPSA) is 77.7 Å². The van der Waals surface area contributed by atoms with Gasteiger partial charge in [-0.1, -0.05) is 22.8 Å². The number of amides is 1. The van der Waals surface area contributed by atoms with Crippen LogP contribution in [0, 0.1) is 6.92 Å². The maximum atomic E-state index is 12.5. The number of hydrogen-bond acceptors (Lipinski definition) is 6. The molecule has 1 aliphatic rings. The Morgan fingerprint density at radius 2 is 1.93 bits per heavy atom. The van der Waals surface area contributed by atoms with Crippen LogP contribution in [0.2, 0.25) is 5.02 Å². The number of aryl methyl sites for hydroxylation is 1. The second-order valence-corrected chi connectivity index (χ2v) is 7.27. The molecular formula is C21H20ClN3O4. The summed E-state index contributed by atoms with van der Waals surface area (Å²) in [4.78, 5) is 18.8. The molecule has 29 heavy (non-hydrogen) atoms. The van der Waals surface area contributed by atoms with E-state index in [4.69, 9.17) is 25.6 Å². The first-order valence-corrected chi connectivity index (χ1v) is 9.50. The molecule has 3 aromatic rings. The average Bonchev–Trinajstić information content (AvgIpc) is 3.36. The van der Waals surface area contributed by atoms with Gasteiger partial charge >= 0.3 is 0 Å². The van der Waals surface area contributed by atoms with Gasteiger partial charge in [-0.25, -0.2) is 0 Å². The van der Waals surface area contributed by atoms with Crippen molar-refractivity contribution in [2.75, 3.05) is 25.7 Å². The van der Waals surface area contributed by atoms with Crippen LogP contribution >= 0.6 is 11.6 Å². The zero-order valence-corrected chi connectivity index (χ0v) is 17.1. The summed E-state index contributed by atoms with van der Waals surface area (Å²) in [5.41, 5.74) is 2.48. The number of anilines is 1. The van der Waals surface area contributed by atoms with Crippen molar-refractivity contribution in [1.82, 2.24) is 10.1 Å². The van der Waals surface area contributed by atoms with E-state index in [2.05, 4.69) is 10.1 Å². The summed E-state index contributed by atoms with van der Waals surface area (Å²) in [6.45, 7) is 2.39. The van der Waals surface area contributed by atoms with E-state index >= 15 is 0 Å². The minimum absolute atomic E-state index is 0.000728. The smallest absolute Gasteiger partial charge is 0.232 e. The van der Waals surface area contributed by atoms with Crippen LogP contribution in [0.5, 0.6) is 11.5 Å². The van der Waals surface area contributed by atoms with Gasteiger partial charge in [-0.2, -0.15) is 4.98 Å². The highest BCUT2D eigenvalue weighted by Crippen LogP contribution is 2.35. The molecule has 2 aromatic carbocycles. The Hall–Kier alpha value is -3.06. The molecule has 0 N–H and O–H groups in total. The highest BCUT2D eigenvalue weighted by Gasteiger charge is 2.35. The van der Waals surface area contributed by atoms with E-state index in [9.17, 15) is 4.79 Å². The molecular weight excluding hydrogens is 394 g/mol. The number of methoxy groups -OCH3 is 2. The van der Waals surface area contributed by atoms with Crippen molar-refractivity contribution in [3.05, 3.63) is 52.9 Å². The third kappa shape index (κ3) is 3.65. The second kappa shape index (κ2) is 7.75. The molecule has 1 atom stereocenters. The highest BCUT2D eigenvalue weighted by molar-refractivity contribution is 6.31. The SMILES string of the molecule is COc1ccc(-c2noc([C@H]3CC(=O)N(c4ccc(C)c(Cl)c4)C3)n2)cc1OC. The largest absolute Gasteiger partial charge is 0.493 e.